The van der Waals surface area contributed by atoms with Crippen LogP contribution in [0, 0.1) is 6.92 Å². The Bertz CT molecular complexity index is 1480. The van der Waals surface area contributed by atoms with E-state index in [0.717, 1.165) is 26.5 Å². The van der Waals surface area contributed by atoms with Gasteiger partial charge in [-0.05, 0) is 49.2 Å². The van der Waals surface area contributed by atoms with Gasteiger partial charge in [0, 0.05) is 34.8 Å². The largest absolute Gasteiger partial charge is 0.439 e. The van der Waals surface area contributed by atoms with Crippen LogP contribution in [0.1, 0.15) is 23.0 Å². The summed E-state index contributed by atoms with van der Waals surface area (Å²) in [5, 5.41) is 1.00. The van der Waals surface area contributed by atoms with Crippen LogP contribution in [0.3, 0.4) is 0 Å². The van der Waals surface area contributed by atoms with Crippen molar-refractivity contribution in [3.8, 4) is 11.6 Å². The van der Waals surface area contributed by atoms with Gasteiger partial charge in [0.05, 0.1) is 6.20 Å². The molecule has 1 atom stereocenters. The van der Waals surface area contributed by atoms with E-state index in [1.165, 1.54) is 18.3 Å². The normalized spacial score (nSPS) is 16.2. The van der Waals surface area contributed by atoms with Crippen molar-refractivity contribution in [3.05, 3.63) is 83.7 Å². The fourth-order valence-corrected chi connectivity index (χ4v) is 5.58. The minimum atomic E-state index is -4.04. The minimum absolute atomic E-state index is 0.0472. The fourth-order valence-electron chi connectivity index (χ4n) is 4.14. The molecule has 0 aliphatic carbocycles. The third-order valence-corrected chi connectivity index (χ3v) is 7.51. The highest BCUT2D eigenvalue weighted by atomic mass is 32.2. The number of aryl methyl sites for hydroxylation is 1. The Labute approximate surface area is 196 Å². The number of primary amides is 1. The highest BCUT2D eigenvalue weighted by Crippen LogP contribution is 2.35. The molecule has 174 valence electrons. The fraction of sp³-hybridized carbons (Fsp3) is 0.167. The zero-order chi connectivity index (χ0) is 23.9. The van der Waals surface area contributed by atoms with E-state index in [1.807, 2.05) is 43.3 Å². The first-order valence-corrected chi connectivity index (χ1v) is 12.0. The summed E-state index contributed by atoms with van der Waals surface area (Å²) in [5.41, 5.74) is 8.76. The average Bonchev–Trinajstić information content (AvgIpc) is 3.18. The molecule has 0 saturated heterocycles. The van der Waals surface area contributed by atoms with Crippen molar-refractivity contribution in [2.75, 3.05) is 6.54 Å². The molecule has 5 rings (SSSR count). The Morgan fingerprint density at radius 2 is 1.97 bits per heavy atom. The Kier molecular flexibility index (Phi) is 5.46. The summed E-state index contributed by atoms with van der Waals surface area (Å²) in [6, 6.07) is 17.7. The number of nitrogens with zero attached hydrogens (tertiary/aromatic N) is 2. The van der Waals surface area contributed by atoms with Gasteiger partial charge < -0.3 is 20.2 Å². The molecule has 0 saturated carbocycles. The number of hydrogen-bond acceptors (Lipinski definition) is 6. The number of benzene rings is 2. The Morgan fingerprint density at radius 1 is 1.15 bits per heavy atom. The van der Waals surface area contributed by atoms with Crippen molar-refractivity contribution < 1.29 is 22.7 Å². The van der Waals surface area contributed by atoms with Crippen molar-refractivity contribution in [2.24, 2.45) is 5.73 Å². The lowest BCUT2D eigenvalue weighted by atomic mass is 10.00. The highest BCUT2D eigenvalue weighted by molar-refractivity contribution is 7.89. The number of carbonyl (C=O) groups is 1. The van der Waals surface area contributed by atoms with E-state index in [1.54, 1.807) is 12.1 Å². The molecule has 2 aromatic heterocycles. The van der Waals surface area contributed by atoms with Crippen LogP contribution in [0.4, 0.5) is 4.79 Å². The van der Waals surface area contributed by atoms with E-state index in [2.05, 4.69) is 9.97 Å². The zero-order valence-electron chi connectivity index (χ0n) is 18.3. The summed E-state index contributed by atoms with van der Waals surface area (Å²) < 4.78 is 39.0. The lowest BCUT2D eigenvalue weighted by Crippen LogP contribution is -2.42. The zero-order valence-corrected chi connectivity index (χ0v) is 19.1. The number of fused-ring (bicyclic) bond motifs is 2. The lowest BCUT2D eigenvalue weighted by Gasteiger charge is -2.34. The molecular weight excluding hydrogens is 456 g/mol. The predicted molar refractivity (Wildman–Crippen MR) is 125 cm³/mol. The second kappa shape index (κ2) is 8.47. The van der Waals surface area contributed by atoms with Crippen LogP contribution in [0.5, 0.6) is 11.6 Å². The maximum atomic E-state index is 13.4. The monoisotopic (exact) mass is 478 g/mol. The highest BCUT2D eigenvalue weighted by Gasteiger charge is 2.38. The van der Waals surface area contributed by atoms with Gasteiger partial charge in [-0.15, -0.1) is 0 Å². The molecule has 9 nitrogen and oxygen atoms in total. The van der Waals surface area contributed by atoms with Gasteiger partial charge >= 0.3 is 6.09 Å². The number of aromatic nitrogens is 2. The second-order valence-corrected chi connectivity index (χ2v) is 9.88. The van der Waals surface area contributed by atoms with Crippen LogP contribution >= 0.6 is 0 Å². The summed E-state index contributed by atoms with van der Waals surface area (Å²) in [4.78, 5) is 18.9. The molecule has 34 heavy (non-hydrogen) atoms. The molecule has 0 spiro atoms. The number of pyridine rings is 1. The van der Waals surface area contributed by atoms with Gasteiger partial charge in [-0.25, -0.2) is 18.2 Å². The Morgan fingerprint density at radius 3 is 2.74 bits per heavy atom. The van der Waals surface area contributed by atoms with Crippen LogP contribution in [0.25, 0.3) is 10.9 Å². The number of nitrogens with one attached hydrogen (secondary N) is 1. The number of sulfonamides is 1. The minimum Gasteiger partial charge on any atom is -0.439 e. The summed E-state index contributed by atoms with van der Waals surface area (Å²) in [5.74, 6) is 0.830. The van der Waals surface area contributed by atoms with Crippen LogP contribution in [-0.4, -0.2) is 35.3 Å². The smallest absolute Gasteiger partial charge is 0.406 e. The number of aromatic amines is 1. The van der Waals surface area contributed by atoms with E-state index in [-0.39, 0.29) is 17.3 Å². The van der Waals surface area contributed by atoms with Crippen molar-refractivity contribution in [1.82, 2.24) is 14.3 Å². The van der Waals surface area contributed by atoms with E-state index < -0.39 is 22.3 Å². The third-order valence-electron chi connectivity index (χ3n) is 5.68. The Hall–Kier alpha value is -3.89. The van der Waals surface area contributed by atoms with E-state index in [9.17, 15) is 13.2 Å². The van der Waals surface area contributed by atoms with Crippen LogP contribution in [0.15, 0.2) is 71.8 Å². The second-order valence-electron chi connectivity index (χ2n) is 7.99. The van der Waals surface area contributed by atoms with E-state index >= 15 is 0 Å². The van der Waals surface area contributed by atoms with E-state index in [4.69, 9.17) is 15.2 Å². The van der Waals surface area contributed by atoms with Gasteiger partial charge in [-0.1, -0.05) is 24.3 Å². The predicted octanol–water partition coefficient (Wildman–Crippen LogP) is 4.00. The third kappa shape index (κ3) is 4.09. The number of H-pyrrole nitrogens is 1. The molecule has 1 aliphatic rings. The van der Waals surface area contributed by atoms with E-state index in [0.29, 0.717) is 17.7 Å². The molecule has 3 heterocycles. The molecule has 4 aromatic rings. The lowest BCUT2D eigenvalue weighted by molar-refractivity contribution is 0.0295. The molecule has 1 amide bonds. The maximum Gasteiger partial charge on any atom is 0.406 e. The van der Waals surface area contributed by atoms with Gasteiger partial charge in [0.1, 0.15) is 10.6 Å². The van der Waals surface area contributed by atoms with Crippen LogP contribution in [0.2, 0.25) is 0 Å². The topological polar surface area (TPSA) is 128 Å². The quantitative estimate of drug-likeness (QED) is 0.446. The summed E-state index contributed by atoms with van der Waals surface area (Å²) >= 11 is 0. The van der Waals surface area contributed by atoms with Crippen LogP contribution in [-0.2, 0) is 21.2 Å². The summed E-state index contributed by atoms with van der Waals surface area (Å²) in [6.45, 7) is 2.10. The standard InChI is InChI=1S/C24H22N4O5S/c1-15-12-17-13-18(6-8-21(17)27-15)32-22-9-7-19(14-26-22)34(30,31)28-11-10-16-4-2-3-5-20(16)23(28)33-24(25)29/h2-9,12-14,23,27H,10-11H2,1H3,(H2,25,29). The molecule has 0 fully saturated rings. The first-order valence-electron chi connectivity index (χ1n) is 10.6. The van der Waals surface area contributed by atoms with Gasteiger partial charge in [-0.2, -0.15) is 4.31 Å². The summed E-state index contributed by atoms with van der Waals surface area (Å²) in [7, 11) is -4.04. The number of carbonyl (C=O) groups excluding carboxylic acids is 1. The molecule has 0 radical (unpaired) electrons. The van der Waals surface area contributed by atoms with Crippen molar-refractivity contribution in [2.45, 2.75) is 24.5 Å². The molecular formula is C24H22N4O5S. The van der Waals surface area contributed by atoms with Gasteiger partial charge in [0.2, 0.25) is 15.9 Å². The molecule has 1 unspecified atom stereocenters. The number of rotatable bonds is 5. The van der Waals surface area contributed by atoms with Crippen molar-refractivity contribution in [1.29, 1.82) is 0 Å². The number of ether oxygens (including phenoxy) is 2. The van der Waals surface area contributed by atoms with Gasteiger partial charge in [0.25, 0.3) is 0 Å². The number of amides is 1. The number of hydrogen-bond donors (Lipinski definition) is 2. The molecule has 0 bridgehead atoms. The van der Waals surface area contributed by atoms with Crippen LogP contribution < -0.4 is 10.5 Å². The molecule has 2 aromatic carbocycles. The Balaban J connectivity index is 1.40. The van der Waals surface area contributed by atoms with Gasteiger partial charge in [0.15, 0.2) is 6.23 Å². The first kappa shape index (κ1) is 21.9. The van der Waals surface area contributed by atoms with Crippen molar-refractivity contribution in [3.63, 3.8) is 0 Å². The average molecular weight is 479 g/mol. The maximum absolute atomic E-state index is 13.4. The molecule has 1 aliphatic heterocycles. The number of nitrogens with two attached hydrogens (primary N) is 1. The van der Waals surface area contributed by atoms with Gasteiger partial charge in [-0.3, -0.25) is 0 Å². The first-order chi connectivity index (χ1) is 16.3. The molecule has 3 N–H and O–H groups in total. The molecule has 10 heteroatoms. The SMILES string of the molecule is Cc1cc2cc(Oc3ccc(S(=O)(=O)N4CCc5ccccc5C4OC(N)=O)cn3)ccc2[nH]1. The summed E-state index contributed by atoms with van der Waals surface area (Å²) in [6.07, 6.45) is -0.506. The van der Waals surface area contributed by atoms with Crippen molar-refractivity contribution >= 4 is 27.0 Å².